The molecule has 1 fully saturated rings. The lowest BCUT2D eigenvalue weighted by Crippen LogP contribution is -2.25. The van der Waals surface area contributed by atoms with Crippen molar-refractivity contribution in [2.45, 2.75) is 32.3 Å². The summed E-state index contributed by atoms with van der Waals surface area (Å²) in [5, 5.41) is 0. The van der Waals surface area contributed by atoms with Crippen molar-refractivity contribution >= 4 is 6.29 Å². The second-order valence-corrected chi connectivity index (χ2v) is 4.34. The lowest BCUT2D eigenvalue weighted by atomic mass is 10.1. The highest BCUT2D eigenvalue weighted by atomic mass is 16.5. The molecule has 0 aliphatic heterocycles. The van der Waals surface area contributed by atoms with Gasteiger partial charge in [-0.05, 0) is 30.9 Å². The number of pyridine rings is 1. The second kappa shape index (κ2) is 3.65. The minimum Gasteiger partial charge on any atom is -0.470 e. The number of hydrogen-bond acceptors (Lipinski definition) is 3. The molecule has 1 aromatic rings. The summed E-state index contributed by atoms with van der Waals surface area (Å²) in [5.41, 5.74) is 0.455. The summed E-state index contributed by atoms with van der Waals surface area (Å²) in [7, 11) is 0. The van der Waals surface area contributed by atoms with E-state index < -0.39 is 0 Å². The van der Waals surface area contributed by atoms with Crippen molar-refractivity contribution in [3.05, 3.63) is 23.9 Å². The van der Waals surface area contributed by atoms with E-state index in [-0.39, 0.29) is 5.60 Å². The van der Waals surface area contributed by atoms with E-state index in [4.69, 9.17) is 4.74 Å². The van der Waals surface area contributed by atoms with E-state index in [1.807, 2.05) is 0 Å². The predicted octanol–water partition coefficient (Wildman–Crippen LogP) is 2.46. The van der Waals surface area contributed by atoms with Crippen LogP contribution in [0.1, 0.15) is 37.0 Å². The molecule has 3 heteroatoms. The Balaban J connectivity index is 2.21. The minimum atomic E-state index is -0.0773. The number of aldehydes is 1. The molecule has 0 aromatic carbocycles. The summed E-state index contributed by atoms with van der Waals surface area (Å²) in [6, 6.07) is 3.47. The third kappa shape index (κ3) is 1.87. The van der Waals surface area contributed by atoms with Crippen LogP contribution in [-0.4, -0.2) is 16.9 Å². The van der Waals surface area contributed by atoms with Gasteiger partial charge >= 0.3 is 0 Å². The number of carbonyl (C=O) groups excluding carboxylic acids is 1. The number of hydrogen-bond donors (Lipinski definition) is 0. The molecule has 0 bridgehead atoms. The van der Waals surface area contributed by atoms with Crippen molar-refractivity contribution in [1.82, 2.24) is 4.98 Å². The molecule has 80 valence electrons. The molecule has 1 aromatic heterocycles. The summed E-state index contributed by atoms with van der Waals surface area (Å²) in [5.74, 6) is 0.928. The maximum absolute atomic E-state index is 10.8. The quantitative estimate of drug-likeness (QED) is 0.709. The average Bonchev–Trinajstić information content (AvgIpc) is 3.00. The molecule has 1 heterocycles. The maximum Gasteiger partial charge on any atom is 0.224 e. The zero-order valence-electron chi connectivity index (χ0n) is 9.06. The Labute approximate surface area is 89.5 Å². The molecule has 0 radical (unpaired) electrons. The van der Waals surface area contributed by atoms with E-state index in [1.165, 1.54) is 0 Å². The van der Waals surface area contributed by atoms with Gasteiger partial charge in [-0.1, -0.05) is 13.8 Å². The lowest BCUT2D eigenvalue weighted by molar-refractivity contribution is 0.107. The van der Waals surface area contributed by atoms with Crippen LogP contribution >= 0.6 is 0 Å². The lowest BCUT2D eigenvalue weighted by Gasteiger charge is -2.21. The van der Waals surface area contributed by atoms with Crippen LogP contribution in [0.4, 0.5) is 0 Å². The van der Waals surface area contributed by atoms with Crippen molar-refractivity contribution in [3.8, 4) is 5.88 Å². The highest BCUT2D eigenvalue weighted by Gasteiger charge is 2.48. The first-order chi connectivity index (χ1) is 7.18. The van der Waals surface area contributed by atoms with Crippen LogP contribution in [0.2, 0.25) is 0 Å². The number of rotatable bonds is 4. The molecule has 0 N–H and O–H groups in total. The van der Waals surface area contributed by atoms with Gasteiger partial charge in [0, 0.05) is 6.20 Å². The summed E-state index contributed by atoms with van der Waals surface area (Å²) in [4.78, 5) is 14.9. The van der Waals surface area contributed by atoms with Crippen LogP contribution in [0.25, 0.3) is 0 Å². The largest absolute Gasteiger partial charge is 0.470 e. The normalized spacial score (nSPS) is 17.5. The van der Waals surface area contributed by atoms with Gasteiger partial charge in [0.1, 0.15) is 5.60 Å². The van der Waals surface area contributed by atoms with Gasteiger partial charge in [-0.15, -0.1) is 0 Å². The molecule has 3 nitrogen and oxygen atoms in total. The topological polar surface area (TPSA) is 39.2 Å². The molecule has 0 unspecified atom stereocenters. The van der Waals surface area contributed by atoms with E-state index >= 15 is 0 Å². The minimum absolute atomic E-state index is 0.0773. The van der Waals surface area contributed by atoms with Gasteiger partial charge in [0.25, 0.3) is 0 Å². The first-order valence-electron chi connectivity index (χ1n) is 5.27. The number of ether oxygens (including phenoxy) is 1. The standard InChI is InChI=1S/C12H15NO2/c1-9(2)12(5-6-12)15-11-10(8-14)4-3-7-13-11/h3-4,7-9H,5-6H2,1-2H3. The molecule has 1 aliphatic carbocycles. The Hall–Kier alpha value is -1.38. The molecule has 0 amide bonds. The molecular weight excluding hydrogens is 190 g/mol. The van der Waals surface area contributed by atoms with E-state index in [1.54, 1.807) is 18.3 Å². The molecule has 0 spiro atoms. The molecule has 2 rings (SSSR count). The van der Waals surface area contributed by atoms with E-state index in [0.29, 0.717) is 17.4 Å². The SMILES string of the molecule is CC(C)C1(Oc2ncccc2C=O)CC1. The number of aromatic nitrogens is 1. The van der Waals surface area contributed by atoms with Crippen LogP contribution in [0.3, 0.4) is 0 Å². The summed E-state index contributed by atoms with van der Waals surface area (Å²) in [6.45, 7) is 4.27. The monoisotopic (exact) mass is 205 g/mol. The third-order valence-electron chi connectivity index (χ3n) is 3.02. The van der Waals surface area contributed by atoms with Gasteiger partial charge in [-0.25, -0.2) is 4.98 Å². The van der Waals surface area contributed by atoms with Gasteiger partial charge in [0.2, 0.25) is 5.88 Å². The summed E-state index contributed by atoms with van der Waals surface area (Å²) >= 11 is 0. The molecule has 0 saturated heterocycles. The van der Waals surface area contributed by atoms with Crippen LogP contribution in [0, 0.1) is 5.92 Å². The molecular formula is C12H15NO2. The Morgan fingerprint density at radius 2 is 2.27 bits per heavy atom. The van der Waals surface area contributed by atoms with Gasteiger partial charge in [-0.3, -0.25) is 4.79 Å². The van der Waals surface area contributed by atoms with E-state index in [9.17, 15) is 4.79 Å². The summed E-state index contributed by atoms with van der Waals surface area (Å²) < 4.78 is 5.85. The zero-order valence-corrected chi connectivity index (χ0v) is 9.06. The van der Waals surface area contributed by atoms with Gasteiger partial charge in [0.05, 0.1) is 5.56 Å². The highest BCUT2D eigenvalue weighted by molar-refractivity contribution is 5.77. The van der Waals surface area contributed by atoms with Gasteiger partial charge in [-0.2, -0.15) is 0 Å². The van der Waals surface area contributed by atoms with E-state index in [0.717, 1.165) is 19.1 Å². The molecule has 0 atom stereocenters. The van der Waals surface area contributed by atoms with Crippen LogP contribution in [-0.2, 0) is 0 Å². The molecule has 1 saturated carbocycles. The third-order valence-corrected chi connectivity index (χ3v) is 3.02. The zero-order chi connectivity index (χ0) is 10.9. The van der Waals surface area contributed by atoms with Crippen molar-refractivity contribution in [3.63, 3.8) is 0 Å². The summed E-state index contributed by atoms with van der Waals surface area (Å²) in [6.07, 6.45) is 4.55. The van der Waals surface area contributed by atoms with Crippen molar-refractivity contribution in [2.75, 3.05) is 0 Å². The Bertz CT molecular complexity index is 370. The Kier molecular flexibility index (Phi) is 2.47. The second-order valence-electron chi connectivity index (χ2n) is 4.34. The first-order valence-corrected chi connectivity index (χ1v) is 5.27. The average molecular weight is 205 g/mol. The predicted molar refractivity (Wildman–Crippen MR) is 57.1 cm³/mol. The van der Waals surface area contributed by atoms with Crippen molar-refractivity contribution < 1.29 is 9.53 Å². The molecule has 15 heavy (non-hydrogen) atoms. The highest BCUT2D eigenvalue weighted by Crippen LogP contribution is 2.46. The first kappa shape index (κ1) is 10.1. The fourth-order valence-electron chi connectivity index (χ4n) is 1.69. The van der Waals surface area contributed by atoms with E-state index in [2.05, 4.69) is 18.8 Å². The number of nitrogens with zero attached hydrogens (tertiary/aromatic N) is 1. The van der Waals surface area contributed by atoms with Crippen LogP contribution in [0.15, 0.2) is 18.3 Å². The fourth-order valence-corrected chi connectivity index (χ4v) is 1.69. The number of carbonyl (C=O) groups is 1. The van der Waals surface area contributed by atoms with Crippen molar-refractivity contribution in [2.24, 2.45) is 5.92 Å². The van der Waals surface area contributed by atoms with Gasteiger partial charge in [0.15, 0.2) is 6.29 Å². The van der Waals surface area contributed by atoms with Gasteiger partial charge < -0.3 is 4.74 Å². The maximum atomic E-state index is 10.8. The molecule has 1 aliphatic rings. The van der Waals surface area contributed by atoms with Crippen LogP contribution < -0.4 is 4.74 Å². The Morgan fingerprint density at radius 1 is 1.53 bits per heavy atom. The van der Waals surface area contributed by atoms with Crippen molar-refractivity contribution in [1.29, 1.82) is 0 Å². The Morgan fingerprint density at radius 3 is 2.80 bits per heavy atom. The van der Waals surface area contributed by atoms with Crippen LogP contribution in [0.5, 0.6) is 5.88 Å². The smallest absolute Gasteiger partial charge is 0.224 e. The fraction of sp³-hybridized carbons (Fsp3) is 0.500.